The van der Waals surface area contributed by atoms with Crippen molar-refractivity contribution in [3.8, 4) is 16.9 Å². The lowest BCUT2D eigenvalue weighted by atomic mass is 9.99. The van der Waals surface area contributed by atoms with Crippen molar-refractivity contribution in [1.29, 1.82) is 0 Å². The van der Waals surface area contributed by atoms with Gasteiger partial charge in [0.15, 0.2) is 6.04 Å². The van der Waals surface area contributed by atoms with Gasteiger partial charge in [0.05, 0.1) is 25.2 Å². The van der Waals surface area contributed by atoms with Crippen molar-refractivity contribution in [2.75, 3.05) is 19.7 Å². The Kier molecular flexibility index (Phi) is 7.10. The molecule has 214 valence electrons. The zero-order chi connectivity index (χ0) is 28.7. The fourth-order valence-electron chi connectivity index (χ4n) is 5.98. The molecule has 2 aromatic carbocycles. The van der Waals surface area contributed by atoms with Crippen molar-refractivity contribution in [2.24, 2.45) is 0 Å². The van der Waals surface area contributed by atoms with E-state index in [1.54, 1.807) is 43.6 Å². The number of carbonyl (C=O) groups is 3. The Labute approximate surface area is 236 Å². The maximum atomic E-state index is 15.4. The van der Waals surface area contributed by atoms with Gasteiger partial charge in [-0.15, -0.1) is 0 Å². The Morgan fingerprint density at radius 1 is 1.12 bits per heavy atom. The van der Waals surface area contributed by atoms with Crippen LogP contribution in [0.5, 0.6) is 5.75 Å². The van der Waals surface area contributed by atoms with E-state index in [2.05, 4.69) is 4.98 Å². The number of aryl methyl sites for hydroxylation is 1. The van der Waals surface area contributed by atoms with E-state index < -0.39 is 29.8 Å². The fraction of sp³-hybridized carbons (Fsp3) is 0.400. The van der Waals surface area contributed by atoms with Crippen LogP contribution in [0.3, 0.4) is 0 Å². The van der Waals surface area contributed by atoms with E-state index in [1.807, 2.05) is 4.57 Å². The van der Waals surface area contributed by atoms with E-state index in [9.17, 15) is 14.4 Å². The molecule has 1 unspecified atom stereocenters. The van der Waals surface area contributed by atoms with E-state index in [1.165, 1.54) is 15.9 Å². The van der Waals surface area contributed by atoms with Crippen LogP contribution in [0, 0.1) is 5.82 Å². The molecular weight excluding hydrogens is 531 g/mol. The first-order valence-electron chi connectivity index (χ1n) is 13.9. The first kappa shape index (κ1) is 26.8. The Morgan fingerprint density at radius 3 is 2.59 bits per heavy atom. The zero-order valence-corrected chi connectivity index (χ0v) is 22.7. The number of carbonyl (C=O) groups excluding carboxylic acids is 2. The molecule has 0 spiro atoms. The monoisotopic (exact) mass is 562 g/mol. The van der Waals surface area contributed by atoms with Gasteiger partial charge < -0.3 is 28.9 Å². The first-order chi connectivity index (χ1) is 19.8. The number of rotatable bonds is 7. The highest BCUT2D eigenvalue weighted by Gasteiger charge is 2.42. The minimum Gasteiger partial charge on any atom is -0.490 e. The summed E-state index contributed by atoms with van der Waals surface area (Å²) in [6.07, 6.45) is 3.58. The standard InChI is InChI=1S/C30H31FN4O6/c1-2-40-29(37)27(26-25-4-3-11-34(25)17-32-26)35-16-23-22(28(35)36)14-19(15-24(23)31)18-5-7-20(8-6-18)41-21-9-12-33(13-10-21)30(38)39/h5-8,14-15,17,21,27H,2-4,9-13,16H2,1H3,(H,38,39). The van der Waals surface area contributed by atoms with Gasteiger partial charge in [-0.05, 0) is 55.2 Å². The van der Waals surface area contributed by atoms with Crippen LogP contribution in [0.25, 0.3) is 11.1 Å². The van der Waals surface area contributed by atoms with Gasteiger partial charge in [-0.1, -0.05) is 12.1 Å². The third-order valence-electron chi connectivity index (χ3n) is 8.09. The number of benzene rings is 2. The van der Waals surface area contributed by atoms with Crippen LogP contribution in [-0.4, -0.2) is 68.2 Å². The molecule has 0 bridgehead atoms. The highest BCUT2D eigenvalue weighted by atomic mass is 19.1. The molecule has 2 amide bonds. The van der Waals surface area contributed by atoms with Gasteiger partial charge in [0, 0.05) is 49.3 Å². The van der Waals surface area contributed by atoms with E-state index >= 15 is 4.39 Å². The van der Waals surface area contributed by atoms with Gasteiger partial charge in [0.25, 0.3) is 5.91 Å². The molecule has 0 aliphatic carbocycles. The van der Waals surface area contributed by atoms with Gasteiger partial charge in [0.1, 0.15) is 17.7 Å². The van der Waals surface area contributed by atoms with Gasteiger partial charge in [0.2, 0.25) is 0 Å². The minimum absolute atomic E-state index is 0.0520. The summed E-state index contributed by atoms with van der Waals surface area (Å²) in [6.45, 7) is 3.47. The van der Waals surface area contributed by atoms with Crippen molar-refractivity contribution < 1.29 is 33.4 Å². The summed E-state index contributed by atoms with van der Waals surface area (Å²) in [5.74, 6) is -0.897. The average molecular weight is 563 g/mol. The number of hydrogen-bond donors (Lipinski definition) is 1. The van der Waals surface area contributed by atoms with Crippen molar-refractivity contribution >= 4 is 18.0 Å². The summed E-state index contributed by atoms with van der Waals surface area (Å²) in [4.78, 5) is 45.1. The second-order valence-electron chi connectivity index (χ2n) is 10.6. The molecule has 1 aromatic heterocycles. The topological polar surface area (TPSA) is 114 Å². The molecule has 41 heavy (non-hydrogen) atoms. The van der Waals surface area contributed by atoms with Gasteiger partial charge >= 0.3 is 12.1 Å². The Morgan fingerprint density at radius 2 is 1.88 bits per heavy atom. The summed E-state index contributed by atoms with van der Waals surface area (Å²) >= 11 is 0. The lowest BCUT2D eigenvalue weighted by molar-refractivity contribution is -0.149. The number of halogens is 1. The SMILES string of the molecule is CCOC(=O)C(c1ncn2c1CCC2)N1Cc2c(F)cc(-c3ccc(OC4CCN(C(=O)O)CC4)cc3)cc2C1=O. The number of piperidine rings is 1. The lowest BCUT2D eigenvalue weighted by Gasteiger charge is -2.30. The number of amides is 2. The largest absolute Gasteiger partial charge is 0.490 e. The van der Waals surface area contributed by atoms with Crippen LogP contribution in [-0.2, 0) is 29.0 Å². The predicted octanol–water partition coefficient (Wildman–Crippen LogP) is 4.42. The quantitative estimate of drug-likeness (QED) is 0.424. The second kappa shape index (κ2) is 10.9. The number of esters is 1. The molecule has 10 nitrogen and oxygen atoms in total. The summed E-state index contributed by atoms with van der Waals surface area (Å²) in [5, 5.41) is 9.12. The van der Waals surface area contributed by atoms with Crippen molar-refractivity contribution in [1.82, 2.24) is 19.4 Å². The molecule has 6 rings (SSSR count). The molecule has 0 saturated carbocycles. The molecular formula is C30H31FN4O6. The number of nitrogens with zero attached hydrogens (tertiary/aromatic N) is 4. The van der Waals surface area contributed by atoms with Crippen molar-refractivity contribution in [3.63, 3.8) is 0 Å². The van der Waals surface area contributed by atoms with Crippen LogP contribution >= 0.6 is 0 Å². The highest BCUT2D eigenvalue weighted by molar-refractivity contribution is 6.02. The number of hydrogen-bond acceptors (Lipinski definition) is 6. The van der Waals surface area contributed by atoms with E-state index in [0.717, 1.165) is 25.1 Å². The number of imidazole rings is 1. The first-order valence-corrected chi connectivity index (χ1v) is 13.9. The van der Waals surface area contributed by atoms with Crippen LogP contribution < -0.4 is 4.74 Å². The van der Waals surface area contributed by atoms with Gasteiger partial charge in [-0.25, -0.2) is 19.0 Å². The maximum Gasteiger partial charge on any atom is 0.407 e. The Bertz CT molecular complexity index is 1500. The van der Waals surface area contributed by atoms with E-state index in [4.69, 9.17) is 14.6 Å². The van der Waals surface area contributed by atoms with Crippen LogP contribution in [0.4, 0.5) is 9.18 Å². The molecule has 0 radical (unpaired) electrons. The lowest BCUT2D eigenvalue weighted by Crippen LogP contribution is -2.41. The second-order valence-corrected chi connectivity index (χ2v) is 10.6. The average Bonchev–Trinajstić information content (AvgIpc) is 3.67. The molecule has 1 atom stereocenters. The number of likely N-dealkylation sites (tertiary alicyclic amines) is 1. The maximum absolute atomic E-state index is 15.4. The molecule has 11 heteroatoms. The molecule has 1 fully saturated rings. The molecule has 4 heterocycles. The molecule has 3 aromatic rings. The number of fused-ring (bicyclic) bond motifs is 2. The summed E-state index contributed by atoms with van der Waals surface area (Å²) in [6, 6.07) is 9.19. The van der Waals surface area contributed by atoms with Crippen molar-refractivity contribution in [3.05, 3.63) is 71.1 Å². The summed E-state index contributed by atoms with van der Waals surface area (Å²) in [5.41, 5.74) is 3.11. The Balaban J connectivity index is 1.22. The van der Waals surface area contributed by atoms with Gasteiger partial charge in [-0.2, -0.15) is 0 Å². The van der Waals surface area contributed by atoms with Gasteiger partial charge in [-0.3, -0.25) is 4.79 Å². The summed E-state index contributed by atoms with van der Waals surface area (Å²) < 4.78 is 28.8. The Hall–Kier alpha value is -4.41. The number of ether oxygens (including phenoxy) is 2. The van der Waals surface area contributed by atoms with Crippen molar-refractivity contribution in [2.45, 2.75) is 57.8 Å². The molecule has 1 saturated heterocycles. The van der Waals surface area contributed by atoms with E-state index in [-0.39, 0.29) is 30.4 Å². The minimum atomic E-state index is -1.05. The van der Waals surface area contributed by atoms with Crippen LogP contribution in [0.1, 0.15) is 59.5 Å². The number of carboxylic acid groups (broad SMARTS) is 1. The van der Waals surface area contributed by atoms with E-state index in [0.29, 0.717) is 48.5 Å². The highest BCUT2D eigenvalue weighted by Crippen LogP contribution is 2.38. The molecule has 3 aliphatic rings. The smallest absolute Gasteiger partial charge is 0.407 e. The zero-order valence-electron chi connectivity index (χ0n) is 22.7. The van der Waals surface area contributed by atoms with Crippen LogP contribution in [0.15, 0.2) is 42.7 Å². The fourth-order valence-corrected chi connectivity index (χ4v) is 5.98. The third-order valence-corrected chi connectivity index (χ3v) is 8.09. The number of aromatic nitrogens is 2. The van der Waals surface area contributed by atoms with Crippen LogP contribution in [0.2, 0.25) is 0 Å². The molecule has 1 N–H and O–H groups in total. The third kappa shape index (κ3) is 5.00. The molecule has 3 aliphatic heterocycles. The summed E-state index contributed by atoms with van der Waals surface area (Å²) in [7, 11) is 0. The normalized spacial score (nSPS) is 17.4. The predicted molar refractivity (Wildman–Crippen MR) is 145 cm³/mol.